The minimum atomic E-state index is -0.578. The molecular formula is C22H27NO4. The highest BCUT2D eigenvalue weighted by Crippen LogP contribution is 2.16. The van der Waals surface area contributed by atoms with E-state index < -0.39 is 6.10 Å². The number of carbonyl (C=O) groups is 1. The first-order chi connectivity index (χ1) is 13.1. The Labute approximate surface area is 161 Å². The zero-order chi connectivity index (χ0) is 19.5. The minimum absolute atomic E-state index is 0.324. The Balaban J connectivity index is 1.89. The summed E-state index contributed by atoms with van der Waals surface area (Å²) < 4.78 is 16.3. The van der Waals surface area contributed by atoms with Crippen molar-refractivity contribution in [3.63, 3.8) is 0 Å². The van der Waals surface area contributed by atoms with E-state index in [9.17, 15) is 4.79 Å². The molecular weight excluding hydrogens is 342 g/mol. The highest BCUT2D eigenvalue weighted by molar-refractivity contribution is 5.75. The van der Waals surface area contributed by atoms with Gasteiger partial charge in [-0.05, 0) is 62.2 Å². The van der Waals surface area contributed by atoms with Crippen molar-refractivity contribution in [1.82, 2.24) is 4.98 Å². The number of carbonyl (C=O) groups excluding carboxylic acids is 1. The van der Waals surface area contributed by atoms with Gasteiger partial charge in [-0.15, -0.1) is 0 Å². The Morgan fingerprint density at radius 3 is 2.52 bits per heavy atom. The van der Waals surface area contributed by atoms with Gasteiger partial charge in [0.1, 0.15) is 12.4 Å². The molecule has 0 unspecified atom stereocenters. The van der Waals surface area contributed by atoms with E-state index >= 15 is 0 Å². The third kappa shape index (κ3) is 6.87. The van der Waals surface area contributed by atoms with E-state index in [1.165, 1.54) is 0 Å². The van der Waals surface area contributed by atoms with Gasteiger partial charge in [-0.3, -0.25) is 4.98 Å². The van der Waals surface area contributed by atoms with E-state index in [4.69, 9.17) is 14.2 Å². The number of nitrogens with zero attached hydrogens (tertiary/aromatic N) is 1. The van der Waals surface area contributed by atoms with E-state index in [1.54, 1.807) is 13.1 Å². The van der Waals surface area contributed by atoms with Gasteiger partial charge in [-0.2, -0.15) is 0 Å². The van der Waals surface area contributed by atoms with Crippen LogP contribution in [0.2, 0.25) is 0 Å². The van der Waals surface area contributed by atoms with Crippen LogP contribution in [-0.4, -0.2) is 36.9 Å². The van der Waals surface area contributed by atoms with Crippen LogP contribution in [0, 0.1) is 0 Å². The van der Waals surface area contributed by atoms with Crippen molar-refractivity contribution in [2.45, 2.75) is 33.3 Å². The molecule has 0 amide bonds. The number of rotatable bonds is 10. The van der Waals surface area contributed by atoms with Gasteiger partial charge in [0.2, 0.25) is 0 Å². The van der Waals surface area contributed by atoms with Crippen molar-refractivity contribution in [3.8, 4) is 5.75 Å². The average molecular weight is 369 g/mol. The fraction of sp³-hybridized carbons (Fsp3) is 0.364. The SMILES string of the molecule is CCOC(=O)[C@H](Cc1ccc(OC/C=C(\C)c2ccccn2)cc1)OCC. The number of allylic oxidation sites excluding steroid dienone is 1. The molecule has 1 aromatic heterocycles. The Morgan fingerprint density at radius 1 is 1.11 bits per heavy atom. The summed E-state index contributed by atoms with van der Waals surface area (Å²) in [6.07, 6.45) is 3.68. The Morgan fingerprint density at radius 2 is 1.89 bits per heavy atom. The van der Waals surface area contributed by atoms with Crippen molar-refractivity contribution in [3.05, 3.63) is 66.0 Å². The molecule has 0 fully saturated rings. The van der Waals surface area contributed by atoms with E-state index in [-0.39, 0.29) is 5.97 Å². The lowest BCUT2D eigenvalue weighted by atomic mass is 10.1. The third-order valence-electron chi connectivity index (χ3n) is 3.97. The summed E-state index contributed by atoms with van der Waals surface area (Å²) in [5.74, 6) is 0.447. The monoisotopic (exact) mass is 369 g/mol. The van der Waals surface area contributed by atoms with Crippen LogP contribution in [0.3, 0.4) is 0 Å². The standard InChI is InChI=1S/C22H27NO4/c1-4-25-21(22(24)26-5-2)16-18-9-11-19(12-10-18)27-15-13-17(3)20-8-6-7-14-23-20/h6-14,21H,4-5,15-16H2,1-3H3/b17-13+/t21-/m0/s1. The molecule has 0 bridgehead atoms. The summed E-state index contributed by atoms with van der Waals surface area (Å²) in [6, 6.07) is 13.5. The number of pyridine rings is 1. The van der Waals surface area contributed by atoms with Crippen LogP contribution < -0.4 is 4.74 Å². The normalized spacial score (nSPS) is 12.5. The predicted octanol–water partition coefficient (Wildman–Crippen LogP) is 4.07. The van der Waals surface area contributed by atoms with Crippen molar-refractivity contribution in [2.75, 3.05) is 19.8 Å². The summed E-state index contributed by atoms with van der Waals surface area (Å²) in [6.45, 7) is 6.94. The fourth-order valence-corrected chi connectivity index (χ4v) is 2.55. The molecule has 0 aliphatic heterocycles. The van der Waals surface area contributed by atoms with E-state index in [0.29, 0.717) is 26.2 Å². The van der Waals surface area contributed by atoms with Crippen molar-refractivity contribution in [2.24, 2.45) is 0 Å². The largest absolute Gasteiger partial charge is 0.490 e. The fourth-order valence-electron chi connectivity index (χ4n) is 2.55. The molecule has 1 aromatic carbocycles. The number of aromatic nitrogens is 1. The first kappa shape index (κ1) is 20.6. The molecule has 2 rings (SSSR count). The summed E-state index contributed by atoms with van der Waals surface area (Å²) in [4.78, 5) is 16.3. The van der Waals surface area contributed by atoms with Gasteiger partial charge >= 0.3 is 5.97 Å². The molecule has 5 heteroatoms. The molecule has 1 atom stereocenters. The Hall–Kier alpha value is -2.66. The highest BCUT2D eigenvalue weighted by atomic mass is 16.6. The zero-order valence-electron chi connectivity index (χ0n) is 16.2. The lowest BCUT2D eigenvalue weighted by molar-refractivity contribution is -0.156. The average Bonchev–Trinajstić information content (AvgIpc) is 2.69. The lowest BCUT2D eigenvalue weighted by Gasteiger charge is -2.15. The van der Waals surface area contributed by atoms with E-state index in [0.717, 1.165) is 22.6 Å². The zero-order valence-corrected chi connectivity index (χ0v) is 16.2. The van der Waals surface area contributed by atoms with Crippen LogP contribution in [0.5, 0.6) is 5.75 Å². The highest BCUT2D eigenvalue weighted by Gasteiger charge is 2.20. The molecule has 0 radical (unpaired) electrons. The number of esters is 1. The molecule has 0 aliphatic carbocycles. The van der Waals surface area contributed by atoms with Gasteiger partial charge in [0.25, 0.3) is 0 Å². The number of ether oxygens (including phenoxy) is 3. The van der Waals surface area contributed by atoms with Crippen molar-refractivity contribution < 1.29 is 19.0 Å². The minimum Gasteiger partial charge on any atom is -0.490 e. The van der Waals surface area contributed by atoms with Crippen molar-refractivity contribution >= 4 is 11.5 Å². The van der Waals surface area contributed by atoms with Crippen LogP contribution in [0.25, 0.3) is 5.57 Å². The van der Waals surface area contributed by atoms with Crippen LogP contribution in [0.15, 0.2) is 54.7 Å². The third-order valence-corrected chi connectivity index (χ3v) is 3.97. The number of hydrogen-bond donors (Lipinski definition) is 0. The maximum absolute atomic E-state index is 11.9. The molecule has 0 saturated heterocycles. The van der Waals surface area contributed by atoms with Gasteiger partial charge in [-0.1, -0.05) is 18.2 Å². The molecule has 0 spiro atoms. The first-order valence-corrected chi connectivity index (χ1v) is 9.22. The first-order valence-electron chi connectivity index (χ1n) is 9.22. The molecule has 0 N–H and O–H groups in total. The summed E-state index contributed by atoms with van der Waals surface area (Å²) in [5, 5.41) is 0. The molecule has 1 heterocycles. The Kier molecular flexibility index (Phi) is 8.52. The van der Waals surface area contributed by atoms with Gasteiger partial charge in [-0.25, -0.2) is 4.79 Å². The van der Waals surface area contributed by atoms with E-state index in [1.807, 2.05) is 62.4 Å². The van der Waals surface area contributed by atoms with Crippen LogP contribution in [0.1, 0.15) is 32.0 Å². The van der Waals surface area contributed by atoms with Crippen molar-refractivity contribution in [1.29, 1.82) is 0 Å². The maximum Gasteiger partial charge on any atom is 0.335 e. The molecule has 2 aromatic rings. The summed E-state index contributed by atoms with van der Waals surface area (Å²) in [5.41, 5.74) is 3.01. The smallest absolute Gasteiger partial charge is 0.335 e. The van der Waals surface area contributed by atoms with Gasteiger partial charge in [0.05, 0.1) is 12.3 Å². The second kappa shape index (κ2) is 11.1. The molecule has 144 valence electrons. The number of benzene rings is 1. The second-order valence-corrected chi connectivity index (χ2v) is 5.96. The van der Waals surface area contributed by atoms with E-state index in [2.05, 4.69) is 4.98 Å². The van der Waals surface area contributed by atoms with Crippen LogP contribution >= 0.6 is 0 Å². The lowest BCUT2D eigenvalue weighted by Crippen LogP contribution is -2.28. The summed E-state index contributed by atoms with van der Waals surface area (Å²) >= 11 is 0. The topological polar surface area (TPSA) is 57.7 Å². The van der Waals surface area contributed by atoms with Gasteiger partial charge < -0.3 is 14.2 Å². The quantitative estimate of drug-likeness (QED) is 0.591. The predicted molar refractivity (Wildman–Crippen MR) is 106 cm³/mol. The van der Waals surface area contributed by atoms with Crippen LogP contribution in [0.4, 0.5) is 0 Å². The summed E-state index contributed by atoms with van der Waals surface area (Å²) in [7, 11) is 0. The molecule has 0 aliphatic rings. The second-order valence-electron chi connectivity index (χ2n) is 5.96. The molecule has 0 saturated carbocycles. The molecule has 5 nitrogen and oxygen atoms in total. The van der Waals surface area contributed by atoms with Crippen LogP contribution in [-0.2, 0) is 20.7 Å². The van der Waals surface area contributed by atoms with Gasteiger partial charge in [0.15, 0.2) is 6.10 Å². The Bertz CT molecular complexity index is 726. The number of hydrogen-bond acceptors (Lipinski definition) is 5. The van der Waals surface area contributed by atoms with Gasteiger partial charge in [0, 0.05) is 19.2 Å². The maximum atomic E-state index is 11.9. The molecule has 27 heavy (non-hydrogen) atoms.